The molecule has 26 heavy (non-hydrogen) atoms. The van der Waals surface area contributed by atoms with Crippen LogP contribution in [0.2, 0.25) is 0 Å². The van der Waals surface area contributed by atoms with Crippen molar-refractivity contribution in [1.29, 1.82) is 0 Å². The number of anilines is 1. The third-order valence-electron chi connectivity index (χ3n) is 4.43. The summed E-state index contributed by atoms with van der Waals surface area (Å²) in [5.74, 6) is 0.749. The molecule has 0 fully saturated rings. The molecule has 4 rings (SSSR count). The molecule has 0 N–H and O–H groups in total. The number of carbonyl (C=O) groups is 1. The first-order valence-electron chi connectivity index (χ1n) is 8.44. The zero-order valence-electron chi connectivity index (χ0n) is 14.4. The number of nitrogens with zero attached hydrogens (tertiary/aromatic N) is 2. The number of amides is 1. The van der Waals surface area contributed by atoms with Gasteiger partial charge < -0.3 is 9.64 Å². The van der Waals surface area contributed by atoms with E-state index in [9.17, 15) is 4.79 Å². The van der Waals surface area contributed by atoms with Gasteiger partial charge in [-0.25, -0.2) is 0 Å². The molecule has 1 heterocycles. The molecule has 1 aliphatic heterocycles. The Kier molecular flexibility index (Phi) is 4.23. The highest BCUT2D eigenvalue weighted by molar-refractivity contribution is 6.17. The van der Waals surface area contributed by atoms with Crippen molar-refractivity contribution in [2.24, 2.45) is 4.99 Å². The third kappa shape index (κ3) is 2.97. The maximum Gasteiger partial charge on any atom is 0.260 e. The summed E-state index contributed by atoms with van der Waals surface area (Å²) in [6.45, 7) is 0.407. The molecule has 1 aliphatic rings. The Morgan fingerprint density at radius 2 is 1.58 bits per heavy atom. The van der Waals surface area contributed by atoms with Crippen molar-refractivity contribution in [2.45, 2.75) is 0 Å². The molecule has 3 aromatic rings. The van der Waals surface area contributed by atoms with Gasteiger partial charge in [-0.15, -0.1) is 0 Å². The number of fused-ring (bicyclic) bond motifs is 1. The summed E-state index contributed by atoms with van der Waals surface area (Å²) in [5.41, 5.74) is 3.98. The van der Waals surface area contributed by atoms with Crippen LogP contribution in [-0.2, 0) is 0 Å². The number of aliphatic imine (C=N–C) groups is 1. The first kappa shape index (κ1) is 16.1. The molecule has 4 heteroatoms. The number of hydrogen-bond acceptors (Lipinski definition) is 3. The van der Waals surface area contributed by atoms with E-state index in [2.05, 4.69) is 0 Å². The number of rotatable bonds is 3. The third-order valence-corrected chi connectivity index (χ3v) is 4.43. The highest BCUT2D eigenvalue weighted by atomic mass is 16.5. The smallest absolute Gasteiger partial charge is 0.260 e. The number of methoxy groups -OCH3 is 1. The fourth-order valence-electron chi connectivity index (χ4n) is 3.06. The first-order chi connectivity index (χ1) is 12.8. The van der Waals surface area contributed by atoms with E-state index in [1.54, 1.807) is 12.0 Å². The van der Waals surface area contributed by atoms with E-state index in [1.165, 1.54) is 0 Å². The molecule has 4 nitrogen and oxygen atoms in total. The minimum absolute atomic E-state index is 0.0425. The zero-order chi connectivity index (χ0) is 17.9. The van der Waals surface area contributed by atoms with Gasteiger partial charge in [0.25, 0.3) is 5.91 Å². The summed E-state index contributed by atoms with van der Waals surface area (Å²) in [5, 5.41) is 0. The lowest BCUT2D eigenvalue weighted by Crippen LogP contribution is -2.34. The molecular formula is C22H18N2O2. The SMILES string of the molecule is COc1ccc(C2=Nc3ccccc3C(=O)N(c3ccccc3)C2)cc1. The van der Waals surface area contributed by atoms with Crippen molar-refractivity contribution in [3.8, 4) is 5.75 Å². The second kappa shape index (κ2) is 6.84. The highest BCUT2D eigenvalue weighted by Crippen LogP contribution is 2.28. The highest BCUT2D eigenvalue weighted by Gasteiger charge is 2.25. The van der Waals surface area contributed by atoms with Crippen molar-refractivity contribution >= 4 is 23.0 Å². The van der Waals surface area contributed by atoms with Gasteiger partial charge in [-0.1, -0.05) is 30.3 Å². The molecule has 0 aromatic heterocycles. The van der Waals surface area contributed by atoms with Crippen molar-refractivity contribution in [3.63, 3.8) is 0 Å². The molecule has 0 saturated heterocycles. The second-order valence-corrected chi connectivity index (χ2v) is 6.03. The number of carbonyl (C=O) groups excluding carboxylic acids is 1. The lowest BCUT2D eigenvalue weighted by molar-refractivity contribution is 0.0992. The topological polar surface area (TPSA) is 41.9 Å². The standard InChI is InChI=1S/C22H18N2O2/c1-26-18-13-11-16(12-14-18)21-15-24(17-7-3-2-4-8-17)22(25)19-9-5-6-10-20(19)23-21/h2-14H,15H2,1H3. The second-order valence-electron chi connectivity index (χ2n) is 6.03. The van der Waals surface area contributed by atoms with E-state index >= 15 is 0 Å². The Hall–Kier alpha value is -3.40. The summed E-state index contributed by atoms with van der Waals surface area (Å²) in [6, 6.07) is 24.9. The summed E-state index contributed by atoms with van der Waals surface area (Å²) in [7, 11) is 1.64. The minimum atomic E-state index is -0.0425. The van der Waals surface area contributed by atoms with Gasteiger partial charge in [-0.2, -0.15) is 0 Å². The van der Waals surface area contributed by atoms with Crippen LogP contribution in [0.3, 0.4) is 0 Å². The minimum Gasteiger partial charge on any atom is -0.497 e. The van der Waals surface area contributed by atoms with Crippen LogP contribution in [-0.4, -0.2) is 25.3 Å². The normalized spacial score (nSPS) is 13.7. The van der Waals surface area contributed by atoms with Crippen molar-refractivity contribution in [2.75, 3.05) is 18.6 Å². The van der Waals surface area contributed by atoms with Gasteiger partial charge in [0.1, 0.15) is 5.75 Å². The molecule has 0 atom stereocenters. The van der Waals surface area contributed by atoms with Crippen LogP contribution < -0.4 is 9.64 Å². The Bertz CT molecular complexity index is 963. The number of benzene rings is 3. The largest absolute Gasteiger partial charge is 0.497 e. The van der Waals surface area contributed by atoms with Gasteiger partial charge in [-0.3, -0.25) is 9.79 Å². The van der Waals surface area contributed by atoms with Crippen LogP contribution in [0.25, 0.3) is 0 Å². The average molecular weight is 342 g/mol. The van der Waals surface area contributed by atoms with Crippen molar-refractivity contribution < 1.29 is 9.53 Å². The number of hydrogen-bond donors (Lipinski definition) is 0. The molecule has 1 amide bonds. The van der Waals surface area contributed by atoms with Crippen LogP contribution in [0.5, 0.6) is 5.75 Å². The predicted molar refractivity (Wildman–Crippen MR) is 104 cm³/mol. The van der Waals surface area contributed by atoms with E-state index in [1.807, 2.05) is 78.9 Å². The lowest BCUT2D eigenvalue weighted by atomic mass is 10.1. The lowest BCUT2D eigenvalue weighted by Gasteiger charge is -2.22. The monoisotopic (exact) mass is 342 g/mol. The molecule has 128 valence electrons. The van der Waals surface area contributed by atoms with Crippen molar-refractivity contribution in [3.05, 3.63) is 90.0 Å². The predicted octanol–water partition coefficient (Wildman–Crippen LogP) is 4.48. The summed E-state index contributed by atoms with van der Waals surface area (Å²) < 4.78 is 5.24. The molecule has 0 unspecified atom stereocenters. The molecule has 3 aromatic carbocycles. The maximum atomic E-state index is 13.1. The Balaban J connectivity index is 1.83. The quantitative estimate of drug-likeness (QED) is 0.704. The summed E-state index contributed by atoms with van der Waals surface area (Å²) >= 11 is 0. The average Bonchev–Trinajstić information content (AvgIpc) is 2.86. The van der Waals surface area contributed by atoms with Gasteiger partial charge >= 0.3 is 0 Å². The fourth-order valence-corrected chi connectivity index (χ4v) is 3.06. The van der Waals surface area contributed by atoms with Gasteiger partial charge in [0.05, 0.1) is 30.6 Å². The van der Waals surface area contributed by atoms with E-state index < -0.39 is 0 Å². The van der Waals surface area contributed by atoms with Crippen LogP contribution in [0.1, 0.15) is 15.9 Å². The maximum absolute atomic E-state index is 13.1. The van der Waals surface area contributed by atoms with Gasteiger partial charge in [0, 0.05) is 5.69 Å². The number of ether oxygens (including phenoxy) is 1. The van der Waals surface area contributed by atoms with Crippen LogP contribution in [0.4, 0.5) is 11.4 Å². The summed E-state index contributed by atoms with van der Waals surface area (Å²) in [6.07, 6.45) is 0. The van der Waals surface area contributed by atoms with Gasteiger partial charge in [-0.05, 0) is 54.1 Å². The Morgan fingerprint density at radius 1 is 0.885 bits per heavy atom. The van der Waals surface area contributed by atoms with E-state index in [0.717, 1.165) is 22.7 Å². The number of para-hydroxylation sites is 2. The van der Waals surface area contributed by atoms with Crippen LogP contribution >= 0.6 is 0 Å². The first-order valence-corrected chi connectivity index (χ1v) is 8.44. The zero-order valence-corrected chi connectivity index (χ0v) is 14.4. The fraction of sp³-hybridized carbons (Fsp3) is 0.0909. The molecule has 0 aliphatic carbocycles. The molecule has 0 bridgehead atoms. The molecule has 0 radical (unpaired) electrons. The Morgan fingerprint density at radius 3 is 2.31 bits per heavy atom. The molecular weight excluding hydrogens is 324 g/mol. The van der Waals surface area contributed by atoms with E-state index in [-0.39, 0.29) is 5.91 Å². The van der Waals surface area contributed by atoms with E-state index in [4.69, 9.17) is 9.73 Å². The van der Waals surface area contributed by atoms with Gasteiger partial charge in [0.2, 0.25) is 0 Å². The van der Waals surface area contributed by atoms with Crippen LogP contribution in [0, 0.1) is 0 Å². The van der Waals surface area contributed by atoms with Gasteiger partial charge in [0.15, 0.2) is 0 Å². The molecule has 0 spiro atoms. The van der Waals surface area contributed by atoms with Crippen molar-refractivity contribution in [1.82, 2.24) is 0 Å². The van der Waals surface area contributed by atoms with E-state index in [0.29, 0.717) is 17.8 Å². The molecule has 0 saturated carbocycles. The van der Waals surface area contributed by atoms with Crippen LogP contribution in [0.15, 0.2) is 83.9 Å². The Labute approximate surface area is 152 Å². The summed E-state index contributed by atoms with van der Waals surface area (Å²) in [4.78, 5) is 19.7.